The van der Waals surface area contributed by atoms with Crippen LogP contribution in [0.3, 0.4) is 0 Å². The van der Waals surface area contributed by atoms with E-state index < -0.39 is 0 Å². The van der Waals surface area contributed by atoms with E-state index in [0.717, 1.165) is 10.4 Å². The fourth-order valence-corrected chi connectivity index (χ4v) is 3.16. The van der Waals surface area contributed by atoms with Crippen molar-refractivity contribution >= 4 is 28.1 Å². The molecule has 0 aliphatic rings. The van der Waals surface area contributed by atoms with Crippen LogP contribution in [0.2, 0.25) is 0 Å². The molecule has 0 N–H and O–H groups in total. The Bertz CT molecular complexity index is 753. The van der Waals surface area contributed by atoms with Gasteiger partial charge < -0.3 is 4.74 Å². The van der Waals surface area contributed by atoms with E-state index in [4.69, 9.17) is 4.74 Å². The second-order valence-corrected chi connectivity index (χ2v) is 5.36. The van der Waals surface area contributed by atoms with Gasteiger partial charge in [0.1, 0.15) is 0 Å². The largest absolute Gasteiger partial charge is 0.462 e. The van der Waals surface area contributed by atoms with Crippen LogP contribution in [0.1, 0.15) is 17.3 Å². The third kappa shape index (κ3) is 2.32. The van der Waals surface area contributed by atoms with Gasteiger partial charge in [-0.1, -0.05) is 42.5 Å². The van der Waals surface area contributed by atoms with E-state index in [0.29, 0.717) is 12.2 Å². The zero-order valence-electron chi connectivity index (χ0n) is 11.1. The topological polar surface area (TPSA) is 26.3 Å². The molecule has 20 heavy (non-hydrogen) atoms. The monoisotopic (exact) mass is 282 g/mol. The number of fused-ring (bicyclic) bond motifs is 1. The van der Waals surface area contributed by atoms with E-state index in [9.17, 15) is 4.79 Å². The lowest BCUT2D eigenvalue weighted by Crippen LogP contribution is -2.02. The maximum atomic E-state index is 11.7. The Morgan fingerprint density at radius 1 is 1.15 bits per heavy atom. The van der Waals surface area contributed by atoms with Gasteiger partial charge >= 0.3 is 5.97 Å². The first-order valence-electron chi connectivity index (χ1n) is 6.53. The molecular weight excluding hydrogens is 268 g/mol. The minimum absolute atomic E-state index is 0.254. The molecule has 0 unspecified atom stereocenters. The Balaban J connectivity index is 2.06. The zero-order chi connectivity index (χ0) is 13.9. The van der Waals surface area contributed by atoms with E-state index in [-0.39, 0.29) is 5.97 Å². The summed E-state index contributed by atoms with van der Waals surface area (Å²) < 4.78 is 5.03. The molecule has 3 rings (SSSR count). The van der Waals surface area contributed by atoms with E-state index in [1.807, 2.05) is 36.6 Å². The Morgan fingerprint density at radius 3 is 2.80 bits per heavy atom. The normalized spacial score (nSPS) is 10.7. The van der Waals surface area contributed by atoms with Crippen molar-refractivity contribution in [1.82, 2.24) is 0 Å². The van der Waals surface area contributed by atoms with Crippen molar-refractivity contribution in [1.29, 1.82) is 0 Å². The molecule has 3 aromatic rings. The molecule has 0 atom stereocenters. The van der Waals surface area contributed by atoms with Crippen molar-refractivity contribution in [3.05, 3.63) is 59.5 Å². The molecule has 0 aliphatic carbocycles. The number of hydrogen-bond donors (Lipinski definition) is 0. The zero-order valence-corrected chi connectivity index (χ0v) is 11.9. The van der Waals surface area contributed by atoms with Crippen LogP contribution in [0.25, 0.3) is 21.2 Å². The van der Waals surface area contributed by atoms with E-state index in [1.54, 1.807) is 11.3 Å². The van der Waals surface area contributed by atoms with Crippen LogP contribution >= 0.6 is 11.3 Å². The van der Waals surface area contributed by atoms with Crippen LogP contribution < -0.4 is 0 Å². The molecule has 3 heteroatoms. The molecule has 0 saturated heterocycles. The van der Waals surface area contributed by atoms with Crippen molar-refractivity contribution in [3.8, 4) is 10.4 Å². The van der Waals surface area contributed by atoms with Gasteiger partial charge in [-0.05, 0) is 29.3 Å². The molecule has 1 heterocycles. The lowest BCUT2D eigenvalue weighted by molar-refractivity contribution is 0.0527. The highest BCUT2D eigenvalue weighted by molar-refractivity contribution is 7.14. The molecular formula is C17H14O2S. The molecule has 0 fully saturated rings. The maximum absolute atomic E-state index is 11.7. The number of carbonyl (C=O) groups is 1. The van der Waals surface area contributed by atoms with Gasteiger partial charge in [0.2, 0.25) is 0 Å². The van der Waals surface area contributed by atoms with E-state index >= 15 is 0 Å². The van der Waals surface area contributed by atoms with Crippen LogP contribution in [0.4, 0.5) is 0 Å². The molecule has 1 aromatic heterocycles. The lowest BCUT2D eigenvalue weighted by Gasteiger charge is -2.03. The molecule has 0 bridgehead atoms. The van der Waals surface area contributed by atoms with Crippen molar-refractivity contribution in [2.45, 2.75) is 6.92 Å². The fraction of sp³-hybridized carbons (Fsp3) is 0.118. The predicted molar refractivity (Wildman–Crippen MR) is 83.2 cm³/mol. The molecule has 0 aliphatic heterocycles. The van der Waals surface area contributed by atoms with Gasteiger partial charge in [0.15, 0.2) is 0 Å². The van der Waals surface area contributed by atoms with E-state index in [1.165, 1.54) is 10.8 Å². The maximum Gasteiger partial charge on any atom is 0.338 e. The number of esters is 1. The van der Waals surface area contributed by atoms with Crippen molar-refractivity contribution in [3.63, 3.8) is 0 Å². The summed E-state index contributed by atoms with van der Waals surface area (Å²) in [4.78, 5) is 12.8. The van der Waals surface area contributed by atoms with Gasteiger partial charge in [-0.25, -0.2) is 4.79 Å². The van der Waals surface area contributed by atoms with Gasteiger partial charge in [0, 0.05) is 10.3 Å². The number of rotatable bonds is 3. The molecule has 0 radical (unpaired) electrons. The highest BCUT2D eigenvalue weighted by Gasteiger charge is 2.11. The first-order chi connectivity index (χ1) is 9.79. The van der Waals surface area contributed by atoms with Crippen LogP contribution in [-0.2, 0) is 4.74 Å². The summed E-state index contributed by atoms with van der Waals surface area (Å²) >= 11 is 1.57. The lowest BCUT2D eigenvalue weighted by atomic mass is 10.0. The average molecular weight is 282 g/mol. The van der Waals surface area contributed by atoms with Crippen LogP contribution in [0.15, 0.2) is 53.9 Å². The Hall–Kier alpha value is -2.13. The molecule has 2 aromatic carbocycles. The summed E-state index contributed by atoms with van der Waals surface area (Å²) in [6.45, 7) is 2.22. The summed E-state index contributed by atoms with van der Waals surface area (Å²) in [6.07, 6.45) is 0. The first-order valence-corrected chi connectivity index (χ1v) is 7.41. The van der Waals surface area contributed by atoms with Gasteiger partial charge in [-0.15, -0.1) is 11.3 Å². The molecule has 0 saturated carbocycles. The van der Waals surface area contributed by atoms with Crippen LogP contribution in [0.5, 0.6) is 0 Å². The number of ether oxygens (including phenoxy) is 1. The standard InChI is InChI=1S/C17H14O2S/c1-2-19-17(18)13-10-16(20-11-13)15-9-5-7-12-6-3-4-8-14(12)15/h3-11H,2H2,1H3. The molecule has 100 valence electrons. The second kappa shape index (κ2) is 5.47. The third-order valence-corrected chi connectivity index (χ3v) is 4.13. The minimum Gasteiger partial charge on any atom is -0.462 e. The SMILES string of the molecule is CCOC(=O)c1csc(-c2cccc3ccccc23)c1. The first kappa shape index (κ1) is 12.9. The highest BCUT2D eigenvalue weighted by Crippen LogP contribution is 2.33. The second-order valence-electron chi connectivity index (χ2n) is 4.45. The molecule has 0 spiro atoms. The Morgan fingerprint density at radius 2 is 1.95 bits per heavy atom. The third-order valence-electron chi connectivity index (χ3n) is 3.17. The minimum atomic E-state index is -0.254. The van der Waals surface area contributed by atoms with Crippen molar-refractivity contribution < 1.29 is 9.53 Å². The summed E-state index contributed by atoms with van der Waals surface area (Å²) in [7, 11) is 0. The summed E-state index contributed by atoms with van der Waals surface area (Å²) in [5, 5.41) is 4.26. The average Bonchev–Trinajstić information content (AvgIpc) is 2.97. The van der Waals surface area contributed by atoms with Crippen molar-refractivity contribution in [2.75, 3.05) is 6.61 Å². The predicted octanol–water partition coefficient (Wildman–Crippen LogP) is 4.75. The number of benzene rings is 2. The Labute approximate surface area is 121 Å². The highest BCUT2D eigenvalue weighted by atomic mass is 32.1. The summed E-state index contributed by atoms with van der Waals surface area (Å²) in [6, 6.07) is 16.4. The Kier molecular flexibility index (Phi) is 3.52. The molecule has 2 nitrogen and oxygen atoms in total. The fourth-order valence-electron chi connectivity index (χ4n) is 2.24. The van der Waals surface area contributed by atoms with Crippen molar-refractivity contribution in [2.24, 2.45) is 0 Å². The quantitative estimate of drug-likeness (QED) is 0.648. The van der Waals surface area contributed by atoms with Gasteiger partial charge in [0.25, 0.3) is 0 Å². The van der Waals surface area contributed by atoms with E-state index in [2.05, 4.69) is 24.3 Å². The smallest absolute Gasteiger partial charge is 0.338 e. The van der Waals surface area contributed by atoms with Gasteiger partial charge in [0.05, 0.1) is 12.2 Å². The van der Waals surface area contributed by atoms with Crippen LogP contribution in [0, 0.1) is 0 Å². The van der Waals surface area contributed by atoms with Gasteiger partial charge in [-0.3, -0.25) is 0 Å². The summed E-state index contributed by atoms with van der Waals surface area (Å²) in [5.41, 5.74) is 1.78. The number of hydrogen-bond acceptors (Lipinski definition) is 3. The number of thiophene rings is 1. The van der Waals surface area contributed by atoms with Gasteiger partial charge in [-0.2, -0.15) is 0 Å². The molecule has 0 amide bonds. The van der Waals surface area contributed by atoms with Crippen LogP contribution in [-0.4, -0.2) is 12.6 Å². The summed E-state index contributed by atoms with van der Waals surface area (Å²) in [5.74, 6) is -0.254. The number of carbonyl (C=O) groups excluding carboxylic acids is 1.